The number of carbonyl (C=O) groups excluding carboxylic acids is 1. The summed E-state index contributed by atoms with van der Waals surface area (Å²) in [4.78, 5) is 11.6. The molecule has 0 unspecified atom stereocenters. The predicted octanol–water partition coefficient (Wildman–Crippen LogP) is 2.05. The quantitative estimate of drug-likeness (QED) is 0.817. The van der Waals surface area contributed by atoms with Crippen LogP contribution in [0.2, 0.25) is 0 Å². The van der Waals surface area contributed by atoms with Crippen molar-refractivity contribution in [3.05, 3.63) is 30.0 Å². The average molecular weight is 206 g/mol. The van der Waals surface area contributed by atoms with E-state index in [0.717, 1.165) is 10.1 Å². The molecule has 14 heavy (non-hydrogen) atoms. The van der Waals surface area contributed by atoms with Gasteiger partial charge < -0.3 is 5.32 Å². The highest BCUT2D eigenvalue weighted by molar-refractivity contribution is 7.13. The van der Waals surface area contributed by atoms with Crippen LogP contribution in [0.15, 0.2) is 24.3 Å². The third-order valence-corrected chi connectivity index (χ3v) is 2.76. The molecular weight excluding hydrogens is 196 g/mol. The summed E-state index contributed by atoms with van der Waals surface area (Å²) in [6.07, 6.45) is 0. The minimum Gasteiger partial charge on any atom is -0.351 e. The molecule has 1 amide bonds. The van der Waals surface area contributed by atoms with Gasteiger partial charge in [0.05, 0.1) is 4.70 Å². The summed E-state index contributed by atoms with van der Waals surface area (Å²) in [6, 6.07) is 7.75. The molecule has 2 aromatic rings. The molecule has 4 heteroatoms. The summed E-state index contributed by atoms with van der Waals surface area (Å²) in [5.74, 6) is -0.0926. The Morgan fingerprint density at radius 1 is 1.50 bits per heavy atom. The van der Waals surface area contributed by atoms with Crippen LogP contribution in [0.3, 0.4) is 0 Å². The van der Waals surface area contributed by atoms with Crippen LogP contribution < -0.4 is 5.32 Å². The molecule has 0 aliphatic rings. The monoisotopic (exact) mass is 206 g/mol. The van der Waals surface area contributed by atoms with E-state index >= 15 is 0 Å². The lowest BCUT2D eigenvalue weighted by Gasteiger charge is -1.97. The Morgan fingerprint density at radius 3 is 3.07 bits per heavy atom. The third-order valence-electron chi connectivity index (χ3n) is 1.93. The number of amides is 1. The van der Waals surface area contributed by atoms with Crippen molar-refractivity contribution in [2.75, 3.05) is 6.54 Å². The summed E-state index contributed by atoms with van der Waals surface area (Å²) in [5, 5.41) is 3.68. The normalized spacial score (nSPS) is 10.4. The number of nitrogens with one attached hydrogen (secondary N) is 1. The second-order valence-electron chi connectivity index (χ2n) is 2.89. The van der Waals surface area contributed by atoms with Crippen LogP contribution in [0.4, 0.5) is 0 Å². The molecule has 0 saturated heterocycles. The van der Waals surface area contributed by atoms with Crippen LogP contribution in [0.1, 0.15) is 17.4 Å². The standard InChI is InChI=1S/C10H10N2OS/c1-2-11-10(13)9-7-5-3-4-6-8(7)14-12-9/h3-6H,2H2,1H3,(H,11,13). The number of hydrogen-bond donors (Lipinski definition) is 1. The van der Waals surface area contributed by atoms with E-state index < -0.39 is 0 Å². The first-order chi connectivity index (χ1) is 6.83. The molecule has 72 valence electrons. The van der Waals surface area contributed by atoms with Gasteiger partial charge in [-0.2, -0.15) is 4.37 Å². The van der Waals surface area contributed by atoms with Crippen molar-refractivity contribution in [1.82, 2.24) is 9.69 Å². The van der Waals surface area contributed by atoms with Crippen LogP contribution in [0.25, 0.3) is 10.1 Å². The molecule has 0 saturated carbocycles. The molecule has 0 bridgehead atoms. The fourth-order valence-electron chi connectivity index (χ4n) is 1.29. The van der Waals surface area contributed by atoms with Gasteiger partial charge in [-0.25, -0.2) is 0 Å². The maximum absolute atomic E-state index is 11.6. The maximum Gasteiger partial charge on any atom is 0.271 e. The fourth-order valence-corrected chi connectivity index (χ4v) is 2.07. The van der Waals surface area contributed by atoms with Gasteiger partial charge in [0.1, 0.15) is 5.69 Å². The van der Waals surface area contributed by atoms with Crippen LogP contribution in [-0.2, 0) is 0 Å². The lowest BCUT2D eigenvalue weighted by Crippen LogP contribution is -2.22. The van der Waals surface area contributed by atoms with Crippen molar-refractivity contribution < 1.29 is 4.79 Å². The van der Waals surface area contributed by atoms with Crippen molar-refractivity contribution >= 4 is 27.5 Å². The molecule has 0 spiro atoms. The first-order valence-electron chi connectivity index (χ1n) is 4.45. The molecule has 3 nitrogen and oxygen atoms in total. The molecule has 1 heterocycles. The smallest absolute Gasteiger partial charge is 0.271 e. The van der Waals surface area contributed by atoms with Crippen LogP contribution in [-0.4, -0.2) is 16.8 Å². The van der Waals surface area contributed by atoms with E-state index in [1.807, 2.05) is 31.2 Å². The van der Waals surface area contributed by atoms with Crippen LogP contribution in [0, 0.1) is 0 Å². The highest BCUT2D eigenvalue weighted by Gasteiger charge is 2.12. The van der Waals surface area contributed by atoms with Gasteiger partial charge in [-0.05, 0) is 24.5 Å². The summed E-state index contributed by atoms with van der Waals surface area (Å²) in [7, 11) is 0. The average Bonchev–Trinajstić information content (AvgIpc) is 2.61. The fraction of sp³-hybridized carbons (Fsp3) is 0.200. The molecule has 0 fully saturated rings. The summed E-state index contributed by atoms with van der Waals surface area (Å²) in [6.45, 7) is 2.52. The lowest BCUT2D eigenvalue weighted by atomic mass is 10.2. The molecule has 0 atom stereocenters. The van der Waals surface area contributed by atoms with Gasteiger partial charge in [0.2, 0.25) is 0 Å². The largest absolute Gasteiger partial charge is 0.351 e. The number of rotatable bonds is 2. The molecule has 2 rings (SSSR count). The van der Waals surface area contributed by atoms with Gasteiger partial charge in [-0.3, -0.25) is 4.79 Å². The third kappa shape index (κ3) is 1.48. The molecule has 0 aliphatic heterocycles. The number of hydrogen-bond acceptors (Lipinski definition) is 3. The van der Waals surface area contributed by atoms with Gasteiger partial charge >= 0.3 is 0 Å². The first-order valence-corrected chi connectivity index (χ1v) is 5.23. The number of fused-ring (bicyclic) bond motifs is 1. The number of nitrogens with zero attached hydrogens (tertiary/aromatic N) is 1. The Balaban J connectivity index is 2.47. The summed E-state index contributed by atoms with van der Waals surface area (Å²) >= 11 is 1.36. The zero-order valence-corrected chi connectivity index (χ0v) is 8.60. The Morgan fingerprint density at radius 2 is 2.29 bits per heavy atom. The van der Waals surface area contributed by atoms with Crippen molar-refractivity contribution in [3.8, 4) is 0 Å². The van der Waals surface area contributed by atoms with Crippen molar-refractivity contribution in [2.24, 2.45) is 0 Å². The summed E-state index contributed by atoms with van der Waals surface area (Å²) < 4.78 is 5.19. The van der Waals surface area contributed by atoms with Crippen LogP contribution in [0.5, 0.6) is 0 Å². The van der Waals surface area contributed by atoms with Crippen molar-refractivity contribution in [3.63, 3.8) is 0 Å². The van der Waals surface area contributed by atoms with E-state index in [2.05, 4.69) is 9.69 Å². The van der Waals surface area contributed by atoms with Gasteiger partial charge in [-0.1, -0.05) is 18.2 Å². The second-order valence-corrected chi connectivity index (χ2v) is 3.69. The first kappa shape index (κ1) is 9.15. The van der Waals surface area contributed by atoms with Gasteiger partial charge in [0.15, 0.2) is 0 Å². The highest BCUT2D eigenvalue weighted by atomic mass is 32.1. The highest BCUT2D eigenvalue weighted by Crippen LogP contribution is 2.21. The lowest BCUT2D eigenvalue weighted by molar-refractivity contribution is 0.0953. The molecule has 1 N–H and O–H groups in total. The number of aromatic nitrogens is 1. The molecule has 0 aliphatic carbocycles. The Kier molecular flexibility index (Phi) is 2.45. The molecule has 0 radical (unpaired) electrons. The SMILES string of the molecule is CCNC(=O)c1nsc2ccccc12. The Bertz CT molecular complexity index is 464. The van der Waals surface area contributed by atoms with E-state index in [4.69, 9.17) is 0 Å². The zero-order chi connectivity index (χ0) is 9.97. The number of carbonyl (C=O) groups is 1. The zero-order valence-electron chi connectivity index (χ0n) is 7.78. The molecule has 1 aromatic heterocycles. The minimum absolute atomic E-state index is 0.0926. The van der Waals surface area contributed by atoms with Crippen molar-refractivity contribution in [1.29, 1.82) is 0 Å². The summed E-state index contributed by atoms with van der Waals surface area (Å²) in [5.41, 5.74) is 0.535. The van der Waals surface area contributed by atoms with E-state index in [0.29, 0.717) is 12.2 Å². The Hall–Kier alpha value is -1.42. The van der Waals surface area contributed by atoms with E-state index in [-0.39, 0.29) is 5.91 Å². The van der Waals surface area contributed by atoms with E-state index in [9.17, 15) is 4.79 Å². The van der Waals surface area contributed by atoms with Crippen molar-refractivity contribution in [2.45, 2.75) is 6.92 Å². The maximum atomic E-state index is 11.6. The number of benzene rings is 1. The molecule has 1 aromatic carbocycles. The Labute approximate surface area is 85.9 Å². The topological polar surface area (TPSA) is 42.0 Å². The van der Waals surface area contributed by atoms with Gasteiger partial charge in [0, 0.05) is 11.9 Å². The minimum atomic E-state index is -0.0926. The predicted molar refractivity (Wildman–Crippen MR) is 57.6 cm³/mol. The van der Waals surface area contributed by atoms with Gasteiger partial charge in [-0.15, -0.1) is 0 Å². The van der Waals surface area contributed by atoms with E-state index in [1.54, 1.807) is 0 Å². The second kappa shape index (κ2) is 3.75. The molecular formula is C10H10N2OS. The van der Waals surface area contributed by atoms with Gasteiger partial charge in [0.25, 0.3) is 5.91 Å². The van der Waals surface area contributed by atoms with E-state index in [1.165, 1.54) is 11.5 Å². The van der Waals surface area contributed by atoms with Crippen LogP contribution >= 0.6 is 11.5 Å².